The van der Waals surface area contributed by atoms with Crippen molar-refractivity contribution in [2.45, 2.75) is 25.8 Å². The predicted octanol–water partition coefficient (Wildman–Crippen LogP) is 3.83. The van der Waals surface area contributed by atoms with Crippen molar-refractivity contribution in [1.82, 2.24) is 9.88 Å². The molecule has 0 bridgehead atoms. The third-order valence-corrected chi connectivity index (χ3v) is 4.86. The number of nitrogens with two attached hydrogens (primary N) is 1. The van der Waals surface area contributed by atoms with Gasteiger partial charge in [-0.3, -0.25) is 4.90 Å². The van der Waals surface area contributed by atoms with Gasteiger partial charge in [0.05, 0.1) is 0 Å². The molecule has 3 rings (SSSR count). The van der Waals surface area contributed by atoms with Crippen LogP contribution in [0.2, 0.25) is 5.02 Å². The maximum atomic E-state index is 5.93. The molecule has 1 saturated carbocycles. The average Bonchev–Trinajstić information content (AvgIpc) is 3.19. The number of nitrogen functional groups attached to an aromatic ring is 1. The van der Waals surface area contributed by atoms with E-state index in [1.54, 1.807) is 11.3 Å². The quantitative estimate of drug-likeness (QED) is 0.842. The number of hydrogen-bond acceptors (Lipinski definition) is 4. The summed E-state index contributed by atoms with van der Waals surface area (Å²) < 4.78 is 0. The summed E-state index contributed by atoms with van der Waals surface area (Å²) in [5, 5.41) is 1.46. The van der Waals surface area contributed by atoms with Crippen molar-refractivity contribution in [3.05, 3.63) is 45.9 Å². The Hall–Kier alpha value is -1.10. The molecule has 0 spiro atoms. The van der Waals surface area contributed by atoms with Gasteiger partial charge < -0.3 is 5.73 Å². The first-order valence-electron chi connectivity index (χ1n) is 7.36. The highest BCUT2D eigenvalue weighted by Gasteiger charge is 2.24. The average molecular weight is 322 g/mol. The van der Waals surface area contributed by atoms with Crippen LogP contribution in [-0.2, 0) is 13.0 Å². The molecule has 2 N–H and O–H groups in total. The SMILES string of the molecule is Nc1ncc(CN(CCc2ccc(Cl)cc2)CC2CC2)s1. The molecule has 1 aliphatic rings. The van der Waals surface area contributed by atoms with Crippen LogP contribution in [0, 0.1) is 5.92 Å². The lowest BCUT2D eigenvalue weighted by molar-refractivity contribution is 0.260. The molecule has 0 aliphatic heterocycles. The van der Waals surface area contributed by atoms with E-state index in [9.17, 15) is 0 Å². The zero-order chi connectivity index (χ0) is 14.7. The van der Waals surface area contributed by atoms with E-state index >= 15 is 0 Å². The third-order valence-electron chi connectivity index (χ3n) is 3.79. The molecule has 0 radical (unpaired) electrons. The second-order valence-electron chi connectivity index (χ2n) is 5.72. The maximum absolute atomic E-state index is 5.93. The molecule has 5 heteroatoms. The van der Waals surface area contributed by atoms with Crippen LogP contribution in [0.25, 0.3) is 0 Å². The molecule has 2 aromatic rings. The summed E-state index contributed by atoms with van der Waals surface area (Å²) in [6, 6.07) is 8.16. The molecular formula is C16H20ClN3S. The van der Waals surface area contributed by atoms with Crippen LogP contribution < -0.4 is 5.73 Å². The lowest BCUT2D eigenvalue weighted by Gasteiger charge is -2.21. The Kier molecular flexibility index (Phi) is 4.78. The first-order valence-corrected chi connectivity index (χ1v) is 8.55. The van der Waals surface area contributed by atoms with Crippen LogP contribution in [-0.4, -0.2) is 23.0 Å². The second kappa shape index (κ2) is 6.77. The van der Waals surface area contributed by atoms with Crippen LogP contribution >= 0.6 is 22.9 Å². The minimum atomic E-state index is 0.661. The number of aromatic nitrogens is 1. The van der Waals surface area contributed by atoms with Gasteiger partial charge in [-0.2, -0.15) is 0 Å². The van der Waals surface area contributed by atoms with E-state index in [1.807, 2.05) is 18.3 Å². The fourth-order valence-electron chi connectivity index (χ4n) is 2.45. The summed E-state index contributed by atoms with van der Waals surface area (Å²) in [7, 11) is 0. The molecule has 112 valence electrons. The summed E-state index contributed by atoms with van der Waals surface area (Å²) in [6.07, 6.45) is 5.71. The topological polar surface area (TPSA) is 42.1 Å². The normalized spacial score (nSPS) is 14.8. The Morgan fingerprint density at radius 3 is 2.67 bits per heavy atom. The number of anilines is 1. The molecule has 0 saturated heterocycles. The van der Waals surface area contributed by atoms with Gasteiger partial charge >= 0.3 is 0 Å². The molecule has 1 fully saturated rings. The second-order valence-corrected chi connectivity index (χ2v) is 7.30. The molecule has 0 unspecified atom stereocenters. The van der Waals surface area contributed by atoms with Crippen LogP contribution in [0.4, 0.5) is 5.13 Å². The summed E-state index contributed by atoms with van der Waals surface area (Å²) in [5.74, 6) is 0.889. The van der Waals surface area contributed by atoms with Gasteiger partial charge in [0.2, 0.25) is 0 Å². The Balaban J connectivity index is 1.57. The van der Waals surface area contributed by atoms with Crippen LogP contribution in [0.15, 0.2) is 30.5 Å². The Morgan fingerprint density at radius 2 is 2.05 bits per heavy atom. The van der Waals surface area contributed by atoms with E-state index in [2.05, 4.69) is 22.0 Å². The van der Waals surface area contributed by atoms with E-state index in [1.165, 1.54) is 29.8 Å². The highest BCUT2D eigenvalue weighted by Crippen LogP contribution is 2.30. The molecule has 3 nitrogen and oxygen atoms in total. The highest BCUT2D eigenvalue weighted by molar-refractivity contribution is 7.15. The zero-order valence-corrected chi connectivity index (χ0v) is 13.5. The predicted molar refractivity (Wildman–Crippen MR) is 89.7 cm³/mol. The molecule has 0 atom stereocenters. The lowest BCUT2D eigenvalue weighted by Crippen LogP contribution is -2.27. The van der Waals surface area contributed by atoms with Gasteiger partial charge in [0.1, 0.15) is 0 Å². The summed E-state index contributed by atoms with van der Waals surface area (Å²) in [5.41, 5.74) is 7.06. The Morgan fingerprint density at radius 1 is 1.29 bits per heavy atom. The number of benzene rings is 1. The van der Waals surface area contributed by atoms with Crippen molar-refractivity contribution < 1.29 is 0 Å². The highest BCUT2D eigenvalue weighted by atomic mass is 35.5. The van der Waals surface area contributed by atoms with Crippen molar-refractivity contribution in [3.8, 4) is 0 Å². The molecule has 21 heavy (non-hydrogen) atoms. The fourth-order valence-corrected chi connectivity index (χ4v) is 3.31. The van der Waals surface area contributed by atoms with Crippen molar-refractivity contribution in [2.75, 3.05) is 18.8 Å². The smallest absolute Gasteiger partial charge is 0.180 e. The number of thiazole rings is 1. The van der Waals surface area contributed by atoms with Gasteiger partial charge in [-0.1, -0.05) is 23.7 Å². The van der Waals surface area contributed by atoms with Crippen LogP contribution in [0.1, 0.15) is 23.3 Å². The summed E-state index contributed by atoms with van der Waals surface area (Å²) in [4.78, 5) is 7.93. The number of hydrogen-bond donors (Lipinski definition) is 1. The van der Waals surface area contributed by atoms with E-state index in [4.69, 9.17) is 17.3 Å². The van der Waals surface area contributed by atoms with Gasteiger partial charge in [-0.15, -0.1) is 11.3 Å². The number of rotatable bonds is 7. The number of nitrogens with zero attached hydrogens (tertiary/aromatic N) is 2. The van der Waals surface area contributed by atoms with Gasteiger partial charge in [0.15, 0.2) is 5.13 Å². The first kappa shape index (κ1) is 14.8. The van der Waals surface area contributed by atoms with Gasteiger partial charge in [-0.05, 0) is 42.9 Å². The number of halogens is 1. The van der Waals surface area contributed by atoms with Crippen molar-refractivity contribution in [1.29, 1.82) is 0 Å². The largest absolute Gasteiger partial charge is 0.375 e. The molecule has 0 amide bonds. The minimum Gasteiger partial charge on any atom is -0.375 e. The molecule has 1 aromatic carbocycles. The van der Waals surface area contributed by atoms with E-state index < -0.39 is 0 Å². The zero-order valence-electron chi connectivity index (χ0n) is 12.0. The first-order chi connectivity index (χ1) is 10.2. The monoisotopic (exact) mass is 321 g/mol. The van der Waals surface area contributed by atoms with E-state index in [0.29, 0.717) is 5.13 Å². The van der Waals surface area contributed by atoms with E-state index in [-0.39, 0.29) is 0 Å². The van der Waals surface area contributed by atoms with Crippen molar-refractivity contribution in [2.24, 2.45) is 5.92 Å². The fraction of sp³-hybridized carbons (Fsp3) is 0.438. The Bertz CT molecular complexity index is 577. The van der Waals surface area contributed by atoms with Gasteiger partial charge in [-0.25, -0.2) is 4.98 Å². The van der Waals surface area contributed by atoms with Crippen molar-refractivity contribution in [3.63, 3.8) is 0 Å². The standard InChI is InChI=1S/C16H20ClN3S/c17-14-5-3-12(4-6-14)7-8-20(10-13-1-2-13)11-15-9-19-16(18)21-15/h3-6,9,13H,1-2,7-8,10-11H2,(H2,18,19). The lowest BCUT2D eigenvalue weighted by atomic mass is 10.1. The molecule has 1 aromatic heterocycles. The Labute approximate surface area is 134 Å². The van der Waals surface area contributed by atoms with Crippen LogP contribution in [0.3, 0.4) is 0 Å². The van der Waals surface area contributed by atoms with Gasteiger partial charge in [0, 0.05) is 35.7 Å². The molecule has 1 heterocycles. The van der Waals surface area contributed by atoms with Gasteiger partial charge in [0.25, 0.3) is 0 Å². The van der Waals surface area contributed by atoms with E-state index in [0.717, 1.165) is 30.5 Å². The summed E-state index contributed by atoms with van der Waals surface area (Å²) in [6.45, 7) is 3.21. The minimum absolute atomic E-state index is 0.661. The van der Waals surface area contributed by atoms with Crippen LogP contribution in [0.5, 0.6) is 0 Å². The summed E-state index contributed by atoms with van der Waals surface area (Å²) >= 11 is 7.53. The maximum Gasteiger partial charge on any atom is 0.180 e. The van der Waals surface area contributed by atoms with Crippen molar-refractivity contribution >= 4 is 28.1 Å². The molecule has 1 aliphatic carbocycles. The molecular weight excluding hydrogens is 302 g/mol. The third kappa shape index (κ3) is 4.70.